The van der Waals surface area contributed by atoms with E-state index in [1.807, 2.05) is 0 Å². The van der Waals surface area contributed by atoms with Gasteiger partial charge in [-0.1, -0.05) is 0 Å². The lowest BCUT2D eigenvalue weighted by Gasteiger charge is -2.19. The highest BCUT2D eigenvalue weighted by Gasteiger charge is 2.13. The van der Waals surface area contributed by atoms with E-state index in [4.69, 9.17) is 17.5 Å². The number of hydrogen-bond donors (Lipinski definition) is 1. The summed E-state index contributed by atoms with van der Waals surface area (Å²) in [4.78, 5) is 15.0. The lowest BCUT2D eigenvalue weighted by atomic mass is 10.1. The Labute approximate surface area is 86.1 Å². The molecule has 72 valence electrons. The van der Waals surface area contributed by atoms with Crippen LogP contribution in [0.5, 0.6) is 0 Å². The van der Waals surface area contributed by atoms with Gasteiger partial charge in [0.05, 0.1) is 17.9 Å². The van der Waals surface area contributed by atoms with Gasteiger partial charge in [-0.25, -0.2) is 0 Å². The summed E-state index contributed by atoms with van der Waals surface area (Å²) < 4.78 is 1.53. The molecular weight excluding hydrogens is 202 g/mol. The highest BCUT2D eigenvalue weighted by atomic mass is 35.5. The van der Waals surface area contributed by atoms with Crippen LogP contribution in [-0.2, 0) is 0 Å². The van der Waals surface area contributed by atoms with Crippen molar-refractivity contribution in [2.75, 3.05) is 11.0 Å². The summed E-state index contributed by atoms with van der Waals surface area (Å²) in [5.74, 6) is -0.463. The Morgan fingerprint density at radius 1 is 1.57 bits per heavy atom. The summed E-state index contributed by atoms with van der Waals surface area (Å²) in [7, 11) is 0. The molecule has 5 heteroatoms. The predicted molar refractivity (Wildman–Crippen MR) is 56.3 cm³/mol. The molecule has 1 heterocycles. The molecule has 1 aromatic rings. The number of anilines is 1. The van der Waals surface area contributed by atoms with E-state index >= 15 is 0 Å². The molecule has 2 rings (SSSR count). The van der Waals surface area contributed by atoms with Gasteiger partial charge in [-0.05, 0) is 18.2 Å². The van der Waals surface area contributed by atoms with Gasteiger partial charge >= 0.3 is 0 Å². The Morgan fingerprint density at radius 2 is 2.36 bits per heavy atom. The van der Waals surface area contributed by atoms with Gasteiger partial charge in [0.1, 0.15) is 0 Å². The minimum absolute atomic E-state index is 0.438. The Kier molecular flexibility index (Phi) is 2.13. The van der Waals surface area contributed by atoms with Gasteiger partial charge in [0.2, 0.25) is 5.91 Å². The van der Waals surface area contributed by atoms with Crippen LogP contribution >= 0.6 is 11.8 Å². The lowest BCUT2D eigenvalue weighted by molar-refractivity contribution is 0.100. The summed E-state index contributed by atoms with van der Waals surface area (Å²) in [6, 6.07) is 5.00. The quantitative estimate of drug-likeness (QED) is 0.712. The molecule has 2 N–H and O–H groups in total. The topological polar surface area (TPSA) is 58.7 Å². The SMILES string of the molecule is NC(=O)c1ccc2c(c1)N=CCN2Cl. The number of primary amides is 1. The number of carbonyl (C=O) groups is 1. The predicted octanol–water partition coefficient (Wildman–Crippen LogP) is 1.46. The molecule has 4 nitrogen and oxygen atoms in total. The van der Waals surface area contributed by atoms with Crippen LogP contribution in [0.1, 0.15) is 10.4 Å². The number of halogens is 1. The summed E-state index contributed by atoms with van der Waals surface area (Å²) in [5.41, 5.74) is 7.04. The first-order valence-corrected chi connectivity index (χ1v) is 4.42. The van der Waals surface area contributed by atoms with E-state index in [0.717, 1.165) is 5.69 Å². The average molecular weight is 210 g/mol. The molecule has 0 saturated heterocycles. The standard InChI is InChI=1S/C9H8ClN3O/c10-13-4-3-12-7-5-6(9(11)14)1-2-8(7)13/h1-3,5H,4H2,(H2,11,14). The number of fused-ring (bicyclic) bond motifs is 1. The number of rotatable bonds is 1. The fourth-order valence-electron chi connectivity index (χ4n) is 1.29. The average Bonchev–Trinajstić information content (AvgIpc) is 2.17. The van der Waals surface area contributed by atoms with E-state index in [0.29, 0.717) is 17.8 Å². The zero-order chi connectivity index (χ0) is 10.1. The first kappa shape index (κ1) is 9.02. The van der Waals surface area contributed by atoms with Gasteiger partial charge in [0.15, 0.2) is 0 Å². The maximum atomic E-state index is 10.9. The maximum Gasteiger partial charge on any atom is 0.248 e. The maximum absolute atomic E-state index is 10.9. The molecule has 1 aromatic carbocycles. The van der Waals surface area contributed by atoms with Crippen molar-refractivity contribution >= 4 is 35.3 Å². The number of benzene rings is 1. The molecule has 0 radical (unpaired) electrons. The van der Waals surface area contributed by atoms with Crippen LogP contribution in [0.2, 0.25) is 0 Å². The van der Waals surface area contributed by atoms with Crippen molar-refractivity contribution in [3.8, 4) is 0 Å². The number of carbonyl (C=O) groups excluding carboxylic acids is 1. The van der Waals surface area contributed by atoms with Crippen molar-refractivity contribution in [3.63, 3.8) is 0 Å². The molecule has 0 bridgehead atoms. The molecule has 1 aliphatic heterocycles. The van der Waals surface area contributed by atoms with Crippen LogP contribution in [0.25, 0.3) is 0 Å². The molecule has 1 amide bonds. The number of hydrogen-bond acceptors (Lipinski definition) is 3. The van der Waals surface area contributed by atoms with E-state index in [9.17, 15) is 4.79 Å². The summed E-state index contributed by atoms with van der Waals surface area (Å²) in [6.07, 6.45) is 1.68. The Hall–Kier alpha value is -1.55. The van der Waals surface area contributed by atoms with Gasteiger partial charge in [0.25, 0.3) is 0 Å². The Balaban J connectivity index is 2.50. The van der Waals surface area contributed by atoms with Crippen LogP contribution in [0.15, 0.2) is 23.2 Å². The summed E-state index contributed by atoms with van der Waals surface area (Å²) in [5, 5.41) is 0. The molecule has 0 unspecified atom stereocenters. The van der Waals surface area contributed by atoms with E-state index < -0.39 is 5.91 Å². The monoisotopic (exact) mass is 209 g/mol. The van der Waals surface area contributed by atoms with E-state index in [1.165, 1.54) is 4.42 Å². The molecule has 0 spiro atoms. The third-order valence-corrected chi connectivity index (χ3v) is 2.31. The van der Waals surface area contributed by atoms with Crippen LogP contribution in [0, 0.1) is 0 Å². The van der Waals surface area contributed by atoms with Crippen molar-refractivity contribution in [2.45, 2.75) is 0 Å². The van der Waals surface area contributed by atoms with E-state index in [1.54, 1.807) is 24.4 Å². The Bertz CT molecular complexity index is 417. The van der Waals surface area contributed by atoms with Gasteiger partial charge in [-0.2, -0.15) is 0 Å². The fourth-order valence-corrected chi connectivity index (χ4v) is 1.50. The second kappa shape index (κ2) is 3.31. The number of aliphatic imine (C=N–C) groups is 1. The first-order valence-electron chi connectivity index (χ1n) is 4.08. The van der Waals surface area contributed by atoms with E-state index in [-0.39, 0.29) is 0 Å². The molecule has 0 aliphatic carbocycles. The minimum atomic E-state index is -0.463. The first-order chi connectivity index (χ1) is 6.68. The Morgan fingerprint density at radius 3 is 3.07 bits per heavy atom. The lowest BCUT2D eigenvalue weighted by Crippen LogP contribution is -2.17. The second-order valence-electron chi connectivity index (χ2n) is 2.92. The molecular formula is C9H8ClN3O. The van der Waals surface area contributed by atoms with Gasteiger partial charge in [0, 0.05) is 23.6 Å². The van der Waals surface area contributed by atoms with Gasteiger partial charge < -0.3 is 5.73 Å². The molecule has 0 saturated carbocycles. The van der Waals surface area contributed by atoms with Crippen molar-refractivity contribution in [1.82, 2.24) is 0 Å². The van der Waals surface area contributed by atoms with Crippen molar-refractivity contribution in [2.24, 2.45) is 10.7 Å². The van der Waals surface area contributed by atoms with Crippen LogP contribution in [0.4, 0.5) is 11.4 Å². The highest BCUT2D eigenvalue weighted by Crippen LogP contribution is 2.32. The second-order valence-corrected chi connectivity index (χ2v) is 3.33. The fraction of sp³-hybridized carbons (Fsp3) is 0.111. The van der Waals surface area contributed by atoms with Crippen molar-refractivity contribution in [1.29, 1.82) is 0 Å². The highest BCUT2D eigenvalue weighted by molar-refractivity contribution is 6.28. The smallest absolute Gasteiger partial charge is 0.248 e. The van der Waals surface area contributed by atoms with Gasteiger partial charge in [-0.15, -0.1) is 0 Å². The van der Waals surface area contributed by atoms with Crippen molar-refractivity contribution in [3.05, 3.63) is 23.8 Å². The van der Waals surface area contributed by atoms with Crippen LogP contribution in [-0.4, -0.2) is 18.7 Å². The number of nitrogens with two attached hydrogens (primary N) is 1. The normalized spacial score (nSPS) is 13.9. The summed E-state index contributed by atoms with van der Waals surface area (Å²) in [6.45, 7) is 0.560. The molecule has 0 atom stereocenters. The third kappa shape index (κ3) is 1.44. The number of nitrogens with zero attached hydrogens (tertiary/aromatic N) is 2. The largest absolute Gasteiger partial charge is 0.366 e. The number of amides is 1. The zero-order valence-corrected chi connectivity index (χ0v) is 8.03. The molecule has 14 heavy (non-hydrogen) atoms. The van der Waals surface area contributed by atoms with Crippen LogP contribution < -0.4 is 10.2 Å². The van der Waals surface area contributed by atoms with E-state index in [2.05, 4.69) is 4.99 Å². The van der Waals surface area contributed by atoms with Crippen molar-refractivity contribution < 1.29 is 4.79 Å². The van der Waals surface area contributed by atoms with Gasteiger partial charge in [-0.3, -0.25) is 14.2 Å². The third-order valence-electron chi connectivity index (χ3n) is 1.99. The zero-order valence-electron chi connectivity index (χ0n) is 7.27. The molecule has 0 fully saturated rings. The summed E-state index contributed by atoms with van der Waals surface area (Å²) >= 11 is 5.91. The van der Waals surface area contributed by atoms with Crippen LogP contribution in [0.3, 0.4) is 0 Å². The molecule has 1 aliphatic rings. The minimum Gasteiger partial charge on any atom is -0.366 e. The molecule has 0 aromatic heterocycles.